The smallest absolute Gasteiger partial charge is 0.243 e. The maximum absolute atomic E-state index is 12.0. The minimum Gasteiger partial charge on any atom is -0.364 e. The molecule has 0 unspecified atom stereocenters. The van der Waals surface area contributed by atoms with Crippen LogP contribution in [-0.4, -0.2) is 16.6 Å². The van der Waals surface area contributed by atoms with Gasteiger partial charge in [0.2, 0.25) is 5.91 Å². The summed E-state index contributed by atoms with van der Waals surface area (Å²) in [6, 6.07) is 0. The lowest BCUT2D eigenvalue weighted by Gasteiger charge is -2.19. The predicted molar refractivity (Wildman–Crippen MR) is 77.2 cm³/mol. The Labute approximate surface area is 114 Å². The zero-order valence-corrected chi connectivity index (χ0v) is 12.0. The van der Waals surface area contributed by atoms with Crippen LogP contribution in [0.1, 0.15) is 55.8 Å². The third-order valence-electron chi connectivity index (χ3n) is 3.95. The average molecular weight is 261 g/mol. The van der Waals surface area contributed by atoms with E-state index in [1.807, 2.05) is 27.0 Å². The molecule has 0 aromatic carbocycles. The maximum Gasteiger partial charge on any atom is 0.243 e. The van der Waals surface area contributed by atoms with Crippen molar-refractivity contribution in [3.05, 3.63) is 23.0 Å². The van der Waals surface area contributed by atoms with Crippen molar-refractivity contribution in [2.45, 2.75) is 52.9 Å². The van der Waals surface area contributed by atoms with Crippen LogP contribution in [0.25, 0.3) is 0 Å². The fraction of sp³-hybridized carbons (Fsp3) is 0.600. The number of carbonyl (C=O) groups is 1. The molecule has 2 N–H and O–H groups in total. The number of aromatic nitrogens is 1. The number of aromatic amines is 1. The highest BCUT2D eigenvalue weighted by molar-refractivity contribution is 6.01. The summed E-state index contributed by atoms with van der Waals surface area (Å²) in [4.78, 5) is 15.2. The lowest BCUT2D eigenvalue weighted by Crippen LogP contribution is -2.29. The number of hydrogen-bond donors (Lipinski definition) is 2. The first-order valence-electron chi connectivity index (χ1n) is 7.08. The molecule has 1 heterocycles. The molecule has 104 valence electrons. The molecule has 1 fully saturated rings. The van der Waals surface area contributed by atoms with Gasteiger partial charge in [0.15, 0.2) is 0 Å². The quantitative estimate of drug-likeness (QED) is 0.637. The lowest BCUT2D eigenvalue weighted by atomic mass is 9.89. The number of carbonyl (C=O) groups excluding carboxylic acids is 1. The molecule has 0 spiro atoms. The second-order valence-electron chi connectivity index (χ2n) is 5.48. The highest BCUT2D eigenvalue weighted by Crippen LogP contribution is 2.23. The molecule has 1 aromatic rings. The molecular weight excluding hydrogens is 238 g/mol. The Bertz CT molecular complexity index is 462. The summed E-state index contributed by atoms with van der Waals surface area (Å²) in [5.74, 6) is 0.226. The van der Waals surface area contributed by atoms with E-state index in [0.717, 1.165) is 48.2 Å². The van der Waals surface area contributed by atoms with Gasteiger partial charge in [-0.1, -0.05) is 19.3 Å². The number of hydrogen-bond acceptors (Lipinski definition) is 2. The van der Waals surface area contributed by atoms with Gasteiger partial charge in [-0.2, -0.15) is 5.10 Å². The molecule has 19 heavy (non-hydrogen) atoms. The molecule has 2 rings (SSSR count). The summed E-state index contributed by atoms with van der Waals surface area (Å²) in [5.41, 5.74) is 6.94. The third kappa shape index (κ3) is 3.25. The van der Waals surface area contributed by atoms with Crippen LogP contribution < -0.4 is 5.43 Å². The molecule has 4 nitrogen and oxygen atoms in total. The first-order chi connectivity index (χ1) is 9.09. The second-order valence-corrected chi connectivity index (χ2v) is 5.48. The van der Waals surface area contributed by atoms with Crippen LogP contribution in [0.2, 0.25) is 0 Å². The van der Waals surface area contributed by atoms with E-state index in [4.69, 9.17) is 0 Å². The van der Waals surface area contributed by atoms with E-state index in [2.05, 4.69) is 15.5 Å². The van der Waals surface area contributed by atoms with E-state index < -0.39 is 0 Å². The summed E-state index contributed by atoms with van der Waals surface area (Å²) in [6.45, 7) is 6.00. The summed E-state index contributed by atoms with van der Waals surface area (Å²) in [5, 5.41) is 4.26. The van der Waals surface area contributed by atoms with Crippen molar-refractivity contribution < 1.29 is 4.79 Å². The van der Waals surface area contributed by atoms with Crippen molar-refractivity contribution >= 4 is 11.6 Å². The Hall–Kier alpha value is -1.58. The van der Waals surface area contributed by atoms with Crippen molar-refractivity contribution in [1.29, 1.82) is 0 Å². The molecule has 4 heteroatoms. The van der Waals surface area contributed by atoms with Crippen molar-refractivity contribution in [3.8, 4) is 0 Å². The number of H-pyrrole nitrogens is 1. The lowest BCUT2D eigenvalue weighted by molar-refractivity contribution is -0.125. The molecule has 0 saturated heterocycles. The van der Waals surface area contributed by atoms with Crippen LogP contribution in [0.4, 0.5) is 0 Å². The van der Waals surface area contributed by atoms with Crippen LogP contribution in [-0.2, 0) is 4.79 Å². The summed E-state index contributed by atoms with van der Waals surface area (Å²) >= 11 is 0. The molecule has 1 saturated carbocycles. The van der Waals surface area contributed by atoms with Crippen molar-refractivity contribution in [3.63, 3.8) is 0 Å². The zero-order chi connectivity index (χ0) is 13.8. The van der Waals surface area contributed by atoms with Crippen LogP contribution >= 0.6 is 0 Å². The van der Waals surface area contributed by atoms with Gasteiger partial charge in [0, 0.05) is 23.4 Å². The molecule has 0 bridgehead atoms. The molecule has 1 aliphatic carbocycles. The normalized spacial score (nSPS) is 17.5. The van der Waals surface area contributed by atoms with Crippen molar-refractivity contribution in [2.24, 2.45) is 11.0 Å². The number of hydrazone groups is 1. The van der Waals surface area contributed by atoms with Gasteiger partial charge in [0.25, 0.3) is 0 Å². The van der Waals surface area contributed by atoms with E-state index >= 15 is 0 Å². The van der Waals surface area contributed by atoms with Crippen LogP contribution in [0.15, 0.2) is 11.3 Å². The van der Waals surface area contributed by atoms with E-state index in [1.54, 1.807) is 0 Å². The number of rotatable bonds is 3. The third-order valence-corrected chi connectivity index (χ3v) is 3.95. The zero-order valence-electron chi connectivity index (χ0n) is 12.0. The topological polar surface area (TPSA) is 57.2 Å². The molecule has 1 amide bonds. The Morgan fingerprint density at radius 3 is 2.58 bits per heavy atom. The first-order valence-corrected chi connectivity index (χ1v) is 7.08. The Morgan fingerprint density at radius 2 is 2.00 bits per heavy atom. The summed E-state index contributed by atoms with van der Waals surface area (Å²) in [6.07, 6.45) is 7.55. The van der Waals surface area contributed by atoms with Crippen molar-refractivity contribution in [1.82, 2.24) is 10.4 Å². The molecule has 1 aromatic heterocycles. The standard InChI is InChI=1S/C15H23N3O/c1-10-9-16-11(2)14(10)12(3)17-18-15(19)13-7-5-4-6-8-13/h9,13,16H,4-8H2,1-3H3,(H,18,19)/b17-12+. The van der Waals surface area contributed by atoms with E-state index in [9.17, 15) is 4.79 Å². The molecule has 0 atom stereocenters. The Morgan fingerprint density at radius 1 is 1.32 bits per heavy atom. The summed E-state index contributed by atoms with van der Waals surface area (Å²) in [7, 11) is 0. The van der Waals surface area contributed by atoms with Gasteiger partial charge in [-0.15, -0.1) is 0 Å². The maximum atomic E-state index is 12.0. The number of nitrogens with zero attached hydrogens (tertiary/aromatic N) is 1. The molecule has 0 aliphatic heterocycles. The number of amides is 1. The van der Waals surface area contributed by atoms with Gasteiger partial charge in [-0.25, -0.2) is 5.43 Å². The Kier molecular flexibility index (Phi) is 4.40. The van der Waals surface area contributed by atoms with Crippen LogP contribution in [0.5, 0.6) is 0 Å². The molecule has 1 aliphatic rings. The van der Waals surface area contributed by atoms with Gasteiger partial charge in [0.1, 0.15) is 0 Å². The van der Waals surface area contributed by atoms with Gasteiger partial charge in [-0.05, 0) is 39.2 Å². The molecular formula is C15H23N3O. The molecule has 0 radical (unpaired) electrons. The van der Waals surface area contributed by atoms with Gasteiger partial charge in [-0.3, -0.25) is 4.79 Å². The van der Waals surface area contributed by atoms with Gasteiger partial charge < -0.3 is 4.98 Å². The number of nitrogens with one attached hydrogen (secondary N) is 2. The highest BCUT2D eigenvalue weighted by atomic mass is 16.2. The van der Waals surface area contributed by atoms with Crippen LogP contribution in [0.3, 0.4) is 0 Å². The van der Waals surface area contributed by atoms with Crippen LogP contribution in [0, 0.1) is 19.8 Å². The van der Waals surface area contributed by atoms with Gasteiger partial charge >= 0.3 is 0 Å². The minimum atomic E-state index is 0.0740. The SMILES string of the molecule is C/C(=N\NC(=O)C1CCCCC1)c1c(C)c[nH]c1C. The number of aryl methyl sites for hydroxylation is 2. The van der Waals surface area contributed by atoms with Crippen molar-refractivity contribution in [2.75, 3.05) is 0 Å². The largest absolute Gasteiger partial charge is 0.364 e. The average Bonchev–Trinajstić information content (AvgIpc) is 2.76. The minimum absolute atomic E-state index is 0.0740. The Balaban J connectivity index is 2.00. The second kappa shape index (κ2) is 6.04. The fourth-order valence-corrected chi connectivity index (χ4v) is 2.86. The predicted octanol–water partition coefficient (Wildman–Crippen LogP) is 3.05. The highest BCUT2D eigenvalue weighted by Gasteiger charge is 2.20. The van der Waals surface area contributed by atoms with Gasteiger partial charge in [0.05, 0.1) is 5.71 Å². The van der Waals surface area contributed by atoms with E-state index in [0.29, 0.717) is 0 Å². The fourth-order valence-electron chi connectivity index (χ4n) is 2.86. The summed E-state index contributed by atoms with van der Waals surface area (Å²) < 4.78 is 0. The van der Waals surface area contributed by atoms with E-state index in [-0.39, 0.29) is 11.8 Å². The monoisotopic (exact) mass is 261 g/mol. The van der Waals surface area contributed by atoms with E-state index in [1.165, 1.54) is 6.42 Å². The first kappa shape index (κ1) is 13.8.